The van der Waals surface area contributed by atoms with Crippen molar-refractivity contribution in [3.05, 3.63) is 93.0 Å². The van der Waals surface area contributed by atoms with Crippen molar-refractivity contribution >= 4 is 16.9 Å². The van der Waals surface area contributed by atoms with Gasteiger partial charge in [0.15, 0.2) is 0 Å². The molecule has 3 aromatic rings. The lowest BCUT2D eigenvalue weighted by molar-refractivity contribution is -0.122. The molecule has 148 valence electrons. The van der Waals surface area contributed by atoms with Gasteiger partial charge in [0.2, 0.25) is 5.91 Å². The van der Waals surface area contributed by atoms with Crippen LogP contribution in [0.15, 0.2) is 70.8 Å². The average molecular weight is 389 g/mol. The van der Waals surface area contributed by atoms with Gasteiger partial charge in [-0.25, -0.2) is 0 Å². The molecule has 0 bridgehead atoms. The number of aryl methyl sites for hydroxylation is 1. The van der Waals surface area contributed by atoms with Crippen LogP contribution in [0.2, 0.25) is 0 Å². The number of para-hydroxylation sites is 2. The van der Waals surface area contributed by atoms with Crippen LogP contribution in [0, 0.1) is 0 Å². The molecular formula is C23H23N3O3. The highest BCUT2D eigenvalue weighted by molar-refractivity contribution is 5.80. The van der Waals surface area contributed by atoms with Crippen molar-refractivity contribution in [2.75, 3.05) is 0 Å². The van der Waals surface area contributed by atoms with Gasteiger partial charge in [-0.05, 0) is 42.5 Å². The van der Waals surface area contributed by atoms with E-state index in [2.05, 4.69) is 18.0 Å². The molecule has 6 nitrogen and oxygen atoms in total. The van der Waals surface area contributed by atoms with Gasteiger partial charge >= 0.3 is 11.1 Å². The van der Waals surface area contributed by atoms with E-state index in [1.54, 1.807) is 30.3 Å². The number of aromatic nitrogens is 2. The minimum Gasteiger partial charge on any atom is -0.348 e. The molecule has 1 heterocycles. The lowest BCUT2D eigenvalue weighted by Gasteiger charge is -2.26. The molecule has 1 atom stereocenters. The number of hydrogen-bond donors (Lipinski definition) is 1. The second-order valence-corrected chi connectivity index (χ2v) is 7.30. The van der Waals surface area contributed by atoms with Gasteiger partial charge in [0.1, 0.15) is 6.54 Å². The van der Waals surface area contributed by atoms with Crippen molar-refractivity contribution < 1.29 is 4.79 Å². The highest BCUT2D eigenvalue weighted by Gasteiger charge is 2.22. The standard InChI is InChI=1S/C23H23N3O3/c1-2-14-25-19-12-5-6-13-20(19)26(23(29)22(25)28)15-21(27)24-18-11-7-9-16-8-3-4-10-17(16)18/h2-6,8,10,12-13,18H,1,7,9,11,14-15H2,(H,24,27). The third-order valence-electron chi connectivity index (χ3n) is 5.45. The van der Waals surface area contributed by atoms with Gasteiger partial charge in [-0.15, -0.1) is 6.58 Å². The fourth-order valence-corrected chi connectivity index (χ4v) is 4.13. The van der Waals surface area contributed by atoms with Gasteiger partial charge in [-0.3, -0.25) is 23.5 Å². The lowest BCUT2D eigenvalue weighted by atomic mass is 9.88. The number of nitrogens with one attached hydrogen (secondary N) is 1. The SMILES string of the molecule is C=CCn1c(=O)c(=O)n(CC(=O)NC2CCCc3ccccc32)c2ccccc21. The zero-order chi connectivity index (χ0) is 20.4. The molecule has 2 aromatic carbocycles. The summed E-state index contributed by atoms with van der Waals surface area (Å²) in [4.78, 5) is 38.1. The summed E-state index contributed by atoms with van der Waals surface area (Å²) in [5, 5.41) is 3.05. The van der Waals surface area contributed by atoms with Crippen LogP contribution in [-0.4, -0.2) is 15.0 Å². The number of nitrogens with zero attached hydrogens (tertiary/aromatic N) is 2. The first-order chi connectivity index (χ1) is 14.1. The van der Waals surface area contributed by atoms with Crippen LogP contribution in [0.25, 0.3) is 11.0 Å². The molecule has 1 aliphatic carbocycles. The molecule has 1 unspecified atom stereocenters. The number of rotatable bonds is 5. The molecule has 0 fully saturated rings. The average Bonchev–Trinajstić information content (AvgIpc) is 2.74. The van der Waals surface area contributed by atoms with E-state index in [0.29, 0.717) is 11.0 Å². The van der Waals surface area contributed by atoms with Gasteiger partial charge in [-0.1, -0.05) is 42.5 Å². The number of benzene rings is 2. The summed E-state index contributed by atoms with van der Waals surface area (Å²) in [7, 11) is 0. The van der Waals surface area contributed by atoms with Crippen LogP contribution < -0.4 is 16.4 Å². The minimum atomic E-state index is -0.704. The highest BCUT2D eigenvalue weighted by Crippen LogP contribution is 2.29. The van der Waals surface area contributed by atoms with Crippen molar-refractivity contribution in [2.24, 2.45) is 0 Å². The van der Waals surface area contributed by atoms with Crippen LogP contribution in [0.3, 0.4) is 0 Å². The quantitative estimate of drug-likeness (QED) is 0.538. The second-order valence-electron chi connectivity index (χ2n) is 7.30. The van der Waals surface area contributed by atoms with E-state index in [1.165, 1.54) is 14.7 Å². The summed E-state index contributed by atoms with van der Waals surface area (Å²) in [5.74, 6) is -0.278. The molecule has 1 amide bonds. The molecule has 0 saturated carbocycles. The first-order valence-corrected chi connectivity index (χ1v) is 9.80. The Hall–Kier alpha value is -3.41. The highest BCUT2D eigenvalue weighted by atomic mass is 16.2. The maximum Gasteiger partial charge on any atom is 0.317 e. The molecule has 0 radical (unpaired) electrons. The molecule has 4 rings (SSSR count). The van der Waals surface area contributed by atoms with Gasteiger partial charge in [0, 0.05) is 6.54 Å². The summed E-state index contributed by atoms with van der Waals surface area (Å²) in [6.45, 7) is 3.70. The van der Waals surface area contributed by atoms with Gasteiger partial charge in [-0.2, -0.15) is 0 Å². The molecule has 0 saturated heterocycles. The molecule has 1 aromatic heterocycles. The zero-order valence-corrected chi connectivity index (χ0v) is 16.1. The Morgan fingerprint density at radius 3 is 2.45 bits per heavy atom. The van der Waals surface area contributed by atoms with Crippen molar-refractivity contribution in [1.29, 1.82) is 0 Å². The van der Waals surface area contributed by atoms with E-state index in [-0.39, 0.29) is 25.0 Å². The first-order valence-electron chi connectivity index (χ1n) is 9.80. The predicted molar refractivity (Wildman–Crippen MR) is 113 cm³/mol. The molecule has 0 aliphatic heterocycles. The van der Waals surface area contributed by atoms with E-state index in [4.69, 9.17) is 0 Å². The summed E-state index contributed by atoms with van der Waals surface area (Å²) in [6, 6.07) is 15.1. The van der Waals surface area contributed by atoms with Crippen molar-refractivity contribution in [3.8, 4) is 0 Å². The minimum absolute atomic E-state index is 0.0736. The number of carbonyl (C=O) groups excluding carboxylic acids is 1. The lowest BCUT2D eigenvalue weighted by Crippen LogP contribution is -2.44. The Kier molecular flexibility index (Phi) is 5.16. The fourth-order valence-electron chi connectivity index (χ4n) is 4.13. The number of amides is 1. The van der Waals surface area contributed by atoms with Crippen LogP contribution in [0.4, 0.5) is 0 Å². The maximum atomic E-state index is 12.8. The number of hydrogen-bond acceptors (Lipinski definition) is 3. The summed E-state index contributed by atoms with van der Waals surface area (Å²) in [5.41, 5.74) is 2.18. The van der Waals surface area contributed by atoms with Gasteiger partial charge in [0.05, 0.1) is 17.1 Å². The monoisotopic (exact) mass is 389 g/mol. The van der Waals surface area contributed by atoms with E-state index < -0.39 is 11.1 Å². The number of allylic oxidation sites excluding steroid dienone is 1. The Labute approximate surface area is 168 Å². The largest absolute Gasteiger partial charge is 0.348 e. The Bertz CT molecular complexity index is 1210. The number of fused-ring (bicyclic) bond motifs is 2. The molecular weight excluding hydrogens is 366 g/mol. The normalized spacial score (nSPS) is 15.7. The molecule has 0 spiro atoms. The van der Waals surface area contributed by atoms with Crippen molar-refractivity contribution in [1.82, 2.24) is 14.5 Å². The van der Waals surface area contributed by atoms with Crippen LogP contribution >= 0.6 is 0 Å². The number of carbonyl (C=O) groups is 1. The summed E-state index contributed by atoms with van der Waals surface area (Å²) in [6.07, 6.45) is 4.45. The van der Waals surface area contributed by atoms with E-state index >= 15 is 0 Å². The smallest absolute Gasteiger partial charge is 0.317 e. The Morgan fingerprint density at radius 2 is 1.69 bits per heavy atom. The Morgan fingerprint density at radius 1 is 1.03 bits per heavy atom. The van der Waals surface area contributed by atoms with Crippen molar-refractivity contribution in [2.45, 2.75) is 38.4 Å². The van der Waals surface area contributed by atoms with Gasteiger partial charge < -0.3 is 5.32 Å². The fraction of sp³-hybridized carbons (Fsp3) is 0.261. The second kappa shape index (κ2) is 7.91. The first kappa shape index (κ1) is 18.9. The topological polar surface area (TPSA) is 73.1 Å². The van der Waals surface area contributed by atoms with Gasteiger partial charge in [0.25, 0.3) is 0 Å². The molecule has 29 heavy (non-hydrogen) atoms. The van der Waals surface area contributed by atoms with E-state index in [0.717, 1.165) is 24.8 Å². The molecule has 1 N–H and O–H groups in total. The summed E-state index contributed by atoms with van der Waals surface area (Å²) < 4.78 is 2.65. The third-order valence-corrected chi connectivity index (χ3v) is 5.45. The predicted octanol–water partition coefficient (Wildman–Crippen LogP) is 2.54. The maximum absolute atomic E-state index is 12.8. The molecule has 1 aliphatic rings. The zero-order valence-electron chi connectivity index (χ0n) is 16.1. The van der Waals surface area contributed by atoms with Crippen LogP contribution in [0.5, 0.6) is 0 Å². The van der Waals surface area contributed by atoms with Crippen LogP contribution in [-0.2, 0) is 24.3 Å². The van der Waals surface area contributed by atoms with E-state index in [1.807, 2.05) is 18.2 Å². The third kappa shape index (κ3) is 3.53. The Balaban J connectivity index is 1.67. The van der Waals surface area contributed by atoms with E-state index in [9.17, 15) is 14.4 Å². The summed E-state index contributed by atoms with van der Waals surface area (Å²) >= 11 is 0. The van der Waals surface area contributed by atoms with Crippen LogP contribution in [0.1, 0.15) is 30.0 Å². The van der Waals surface area contributed by atoms with Crippen molar-refractivity contribution in [3.63, 3.8) is 0 Å². The molecule has 6 heteroatoms.